The molecule has 0 radical (unpaired) electrons. The third-order valence-corrected chi connectivity index (χ3v) is 4.44. The average molecular weight is 345 g/mol. The number of nitrogens with zero attached hydrogens (tertiary/aromatic N) is 1. The molecule has 132 valence electrons. The second-order valence-electron chi connectivity index (χ2n) is 6.15. The summed E-state index contributed by atoms with van der Waals surface area (Å²) in [6.07, 6.45) is 0. The van der Waals surface area contributed by atoms with Crippen LogP contribution in [0, 0.1) is 5.82 Å². The predicted octanol–water partition coefficient (Wildman–Crippen LogP) is 3.44. The van der Waals surface area contributed by atoms with Gasteiger partial charge in [0.1, 0.15) is 11.6 Å². The largest absolute Gasteiger partial charge is 0.467 e. The molecule has 0 saturated carbocycles. The molecule has 2 aliphatic rings. The van der Waals surface area contributed by atoms with E-state index in [0.29, 0.717) is 13.2 Å². The van der Waals surface area contributed by atoms with Gasteiger partial charge in [-0.25, -0.2) is 4.39 Å². The van der Waals surface area contributed by atoms with Gasteiger partial charge in [-0.3, -0.25) is 4.90 Å². The minimum absolute atomic E-state index is 0.208. The number of benzene rings is 2. The minimum Gasteiger partial charge on any atom is -0.467 e. The summed E-state index contributed by atoms with van der Waals surface area (Å²) in [4.78, 5) is 2.23. The van der Waals surface area contributed by atoms with Crippen molar-refractivity contribution >= 4 is 0 Å². The molecule has 2 heterocycles. The van der Waals surface area contributed by atoms with E-state index in [0.717, 1.165) is 47.0 Å². The molecule has 0 aromatic heterocycles. The SMILES string of the molecule is CCN(Cc1ccc2c(c1)OCO2)Cc1cc(F)cc2c1OCOC2. The molecule has 4 rings (SSSR count). The van der Waals surface area contributed by atoms with Crippen molar-refractivity contribution in [3.8, 4) is 17.2 Å². The van der Waals surface area contributed by atoms with Crippen molar-refractivity contribution in [2.45, 2.75) is 26.6 Å². The van der Waals surface area contributed by atoms with E-state index in [-0.39, 0.29) is 19.4 Å². The van der Waals surface area contributed by atoms with Crippen molar-refractivity contribution in [2.24, 2.45) is 0 Å². The van der Waals surface area contributed by atoms with Gasteiger partial charge in [-0.05, 0) is 36.4 Å². The Balaban J connectivity index is 1.53. The molecule has 2 aromatic carbocycles. The number of halogens is 1. The van der Waals surface area contributed by atoms with Crippen LogP contribution in [0.1, 0.15) is 23.6 Å². The van der Waals surface area contributed by atoms with Gasteiger partial charge in [0, 0.05) is 24.2 Å². The van der Waals surface area contributed by atoms with Crippen LogP contribution in [0.4, 0.5) is 4.39 Å². The van der Waals surface area contributed by atoms with Gasteiger partial charge in [-0.1, -0.05) is 13.0 Å². The fraction of sp³-hybridized carbons (Fsp3) is 0.368. The molecule has 0 N–H and O–H groups in total. The Hall–Kier alpha value is -2.31. The van der Waals surface area contributed by atoms with Crippen LogP contribution in [0.15, 0.2) is 30.3 Å². The standard InChI is InChI=1S/C19H20FNO4/c1-2-21(8-13-3-4-17-18(5-13)24-12-23-17)9-14-6-16(20)7-15-10-22-11-25-19(14)15/h3-7H,2,8-12H2,1H3. The summed E-state index contributed by atoms with van der Waals surface area (Å²) in [6.45, 7) is 5.11. The van der Waals surface area contributed by atoms with Crippen LogP contribution < -0.4 is 14.2 Å². The number of ether oxygens (including phenoxy) is 4. The predicted molar refractivity (Wildman–Crippen MR) is 89.0 cm³/mol. The number of rotatable bonds is 5. The average Bonchev–Trinajstić information content (AvgIpc) is 3.08. The molecular weight excluding hydrogens is 325 g/mol. The third-order valence-electron chi connectivity index (χ3n) is 4.44. The molecular formula is C19H20FNO4. The molecule has 2 aliphatic heterocycles. The normalized spacial score (nSPS) is 15.2. The van der Waals surface area contributed by atoms with Crippen LogP contribution in [-0.4, -0.2) is 25.0 Å². The zero-order chi connectivity index (χ0) is 17.2. The van der Waals surface area contributed by atoms with Crippen LogP contribution in [0.3, 0.4) is 0 Å². The lowest BCUT2D eigenvalue weighted by atomic mass is 10.1. The fourth-order valence-corrected chi connectivity index (χ4v) is 3.19. The van der Waals surface area contributed by atoms with Gasteiger partial charge in [0.2, 0.25) is 6.79 Å². The molecule has 25 heavy (non-hydrogen) atoms. The lowest BCUT2D eigenvalue weighted by Gasteiger charge is -2.25. The van der Waals surface area contributed by atoms with Crippen molar-refractivity contribution in [1.82, 2.24) is 4.90 Å². The molecule has 5 nitrogen and oxygen atoms in total. The summed E-state index contributed by atoms with van der Waals surface area (Å²) < 4.78 is 35.6. The first kappa shape index (κ1) is 16.2. The van der Waals surface area contributed by atoms with E-state index in [1.807, 2.05) is 18.2 Å². The monoisotopic (exact) mass is 345 g/mol. The molecule has 6 heteroatoms. The highest BCUT2D eigenvalue weighted by Crippen LogP contribution is 2.34. The zero-order valence-corrected chi connectivity index (χ0v) is 14.1. The van der Waals surface area contributed by atoms with Crippen molar-refractivity contribution in [1.29, 1.82) is 0 Å². The van der Waals surface area contributed by atoms with Crippen LogP contribution in [0.25, 0.3) is 0 Å². The topological polar surface area (TPSA) is 40.2 Å². The Morgan fingerprint density at radius 3 is 2.76 bits per heavy atom. The summed E-state index contributed by atoms with van der Waals surface area (Å²) in [5.74, 6) is 2.04. The second kappa shape index (κ2) is 6.90. The summed E-state index contributed by atoms with van der Waals surface area (Å²) in [6, 6.07) is 8.98. The lowest BCUT2D eigenvalue weighted by molar-refractivity contribution is -0.0177. The summed E-state index contributed by atoms with van der Waals surface area (Å²) in [5.41, 5.74) is 2.74. The minimum atomic E-state index is -0.262. The van der Waals surface area contributed by atoms with E-state index in [9.17, 15) is 4.39 Å². The van der Waals surface area contributed by atoms with Gasteiger partial charge in [-0.2, -0.15) is 0 Å². The van der Waals surface area contributed by atoms with Crippen molar-refractivity contribution < 1.29 is 23.3 Å². The van der Waals surface area contributed by atoms with Gasteiger partial charge in [-0.15, -0.1) is 0 Å². The Kier molecular flexibility index (Phi) is 4.46. The van der Waals surface area contributed by atoms with E-state index < -0.39 is 0 Å². The first-order valence-electron chi connectivity index (χ1n) is 8.35. The highest BCUT2D eigenvalue weighted by atomic mass is 19.1. The third kappa shape index (κ3) is 3.41. The Morgan fingerprint density at radius 1 is 1.00 bits per heavy atom. The highest BCUT2D eigenvalue weighted by Gasteiger charge is 2.19. The molecule has 0 atom stereocenters. The Bertz CT molecular complexity index is 780. The van der Waals surface area contributed by atoms with Gasteiger partial charge in [0.15, 0.2) is 18.3 Å². The van der Waals surface area contributed by atoms with Crippen LogP contribution in [-0.2, 0) is 24.4 Å². The summed E-state index contributed by atoms with van der Waals surface area (Å²) in [7, 11) is 0. The maximum atomic E-state index is 13.9. The summed E-state index contributed by atoms with van der Waals surface area (Å²) in [5, 5.41) is 0. The number of hydrogen-bond donors (Lipinski definition) is 0. The Labute approximate surface area is 145 Å². The highest BCUT2D eigenvalue weighted by molar-refractivity contribution is 5.45. The molecule has 0 unspecified atom stereocenters. The van der Waals surface area contributed by atoms with Crippen molar-refractivity contribution in [2.75, 3.05) is 20.1 Å². The van der Waals surface area contributed by atoms with Crippen molar-refractivity contribution in [3.63, 3.8) is 0 Å². The van der Waals surface area contributed by atoms with E-state index in [1.165, 1.54) is 6.07 Å². The maximum Gasteiger partial charge on any atom is 0.231 e. The summed E-state index contributed by atoms with van der Waals surface area (Å²) >= 11 is 0. The quantitative estimate of drug-likeness (QED) is 0.830. The van der Waals surface area contributed by atoms with E-state index in [2.05, 4.69) is 11.8 Å². The number of fused-ring (bicyclic) bond motifs is 2. The molecule has 2 aromatic rings. The van der Waals surface area contributed by atoms with Crippen LogP contribution in [0.2, 0.25) is 0 Å². The second-order valence-corrected chi connectivity index (χ2v) is 6.15. The first-order valence-corrected chi connectivity index (χ1v) is 8.35. The molecule has 0 saturated heterocycles. The molecule has 0 spiro atoms. The van der Waals surface area contributed by atoms with Gasteiger partial charge >= 0.3 is 0 Å². The van der Waals surface area contributed by atoms with E-state index in [1.54, 1.807) is 6.07 Å². The van der Waals surface area contributed by atoms with Gasteiger partial charge in [0.05, 0.1) is 6.61 Å². The van der Waals surface area contributed by atoms with Crippen molar-refractivity contribution in [3.05, 3.63) is 52.8 Å². The fourth-order valence-electron chi connectivity index (χ4n) is 3.19. The zero-order valence-electron chi connectivity index (χ0n) is 14.1. The Morgan fingerprint density at radius 2 is 1.88 bits per heavy atom. The van der Waals surface area contributed by atoms with E-state index in [4.69, 9.17) is 18.9 Å². The molecule has 0 fully saturated rings. The number of hydrogen-bond acceptors (Lipinski definition) is 5. The van der Waals surface area contributed by atoms with Gasteiger partial charge < -0.3 is 18.9 Å². The molecule has 0 aliphatic carbocycles. The van der Waals surface area contributed by atoms with Gasteiger partial charge in [0.25, 0.3) is 0 Å². The van der Waals surface area contributed by atoms with E-state index >= 15 is 0 Å². The first-order chi connectivity index (χ1) is 12.2. The maximum absolute atomic E-state index is 13.9. The van der Waals surface area contributed by atoms with Crippen LogP contribution in [0.5, 0.6) is 17.2 Å². The molecule has 0 amide bonds. The molecule has 0 bridgehead atoms. The smallest absolute Gasteiger partial charge is 0.231 e. The lowest BCUT2D eigenvalue weighted by Crippen LogP contribution is -2.24. The van der Waals surface area contributed by atoms with Crippen LogP contribution >= 0.6 is 0 Å².